The van der Waals surface area contributed by atoms with Crippen LogP contribution >= 0.6 is 0 Å². The number of carbonyl (C=O) groups excluding carboxylic acids is 3. The Kier molecular flexibility index (Phi) is 43.0. The van der Waals surface area contributed by atoms with Crippen molar-refractivity contribution in [1.82, 2.24) is 19.4 Å². The summed E-state index contributed by atoms with van der Waals surface area (Å²) in [6.07, 6.45) is 1.04. The first-order chi connectivity index (χ1) is 44.3. The third kappa shape index (κ3) is 35.2. The highest BCUT2D eigenvalue weighted by atomic mass is 32.2. The minimum atomic E-state index is -6.09. The van der Waals surface area contributed by atoms with Crippen LogP contribution in [0, 0.1) is 10.8 Å². The molecule has 5 aromatic rings. The Labute approximate surface area is 552 Å². The van der Waals surface area contributed by atoms with Crippen LogP contribution in [0.25, 0.3) is 0 Å². The van der Waals surface area contributed by atoms with Crippen molar-refractivity contribution in [2.75, 3.05) is 146 Å². The lowest BCUT2D eigenvalue weighted by molar-refractivity contribution is -0.162. The molecule has 1 aromatic heterocycles. The maximum atomic E-state index is 11.8. The van der Waals surface area contributed by atoms with Crippen LogP contribution < -0.4 is 19.2 Å². The molecule has 0 bridgehead atoms. The van der Waals surface area contributed by atoms with Gasteiger partial charge in [0.15, 0.2) is 10.1 Å². The van der Waals surface area contributed by atoms with Crippen molar-refractivity contribution in [3.63, 3.8) is 0 Å². The Morgan fingerprint density at radius 3 is 1.32 bits per heavy atom. The summed E-state index contributed by atoms with van der Waals surface area (Å²) >= 11 is 0. The van der Waals surface area contributed by atoms with Gasteiger partial charge in [-0.3, -0.25) is 28.8 Å². The summed E-state index contributed by atoms with van der Waals surface area (Å²) < 4.78 is 116. The number of alkyl halides is 3. The molecule has 0 aliphatic heterocycles. The number of hydrogen-bond acceptors (Lipinski definition) is 24. The van der Waals surface area contributed by atoms with Crippen LogP contribution in [0.1, 0.15) is 75.9 Å². The molecule has 0 fully saturated rings. The Morgan fingerprint density at radius 2 is 0.989 bits per heavy atom. The lowest BCUT2D eigenvalue weighted by atomic mass is 9.72. The van der Waals surface area contributed by atoms with Gasteiger partial charge in [-0.2, -0.15) is 28.1 Å². The van der Waals surface area contributed by atoms with Crippen LogP contribution in [0.4, 0.5) is 36.7 Å². The van der Waals surface area contributed by atoms with Crippen LogP contribution in [0.15, 0.2) is 134 Å². The molecular formula is C65H98F3N7O18S. The van der Waals surface area contributed by atoms with Gasteiger partial charge in [0.1, 0.15) is 71.9 Å². The number of quaternary nitrogens is 1. The molecule has 4 aromatic carbocycles. The predicted octanol–water partition coefficient (Wildman–Crippen LogP) is 9.56. The van der Waals surface area contributed by atoms with E-state index in [-0.39, 0.29) is 71.6 Å². The van der Waals surface area contributed by atoms with E-state index in [0.717, 1.165) is 22.4 Å². The molecule has 5 rings (SSSR count). The second kappa shape index (κ2) is 46.6. The Balaban J connectivity index is 0.00000115. The van der Waals surface area contributed by atoms with Gasteiger partial charge in [-0.1, -0.05) is 111 Å². The van der Waals surface area contributed by atoms with E-state index in [1.165, 1.54) is 18.4 Å². The number of esters is 3. The molecule has 0 spiro atoms. The molecule has 0 saturated carbocycles. The fourth-order valence-electron chi connectivity index (χ4n) is 8.09. The van der Waals surface area contributed by atoms with Gasteiger partial charge in [0.25, 0.3) is 0 Å². The zero-order valence-corrected chi connectivity index (χ0v) is 57.9. The molecule has 0 aliphatic rings. The second-order valence-electron chi connectivity index (χ2n) is 21.8. The van der Waals surface area contributed by atoms with E-state index in [4.69, 9.17) is 70.2 Å². The number of hydrogen-bond donors (Lipinski definition) is 1. The quantitative estimate of drug-likeness (QED) is 0.00797. The number of benzene rings is 4. The first-order valence-corrected chi connectivity index (χ1v) is 30.6. The van der Waals surface area contributed by atoms with E-state index in [1.807, 2.05) is 69.3 Å². The molecule has 29 heteroatoms. The smallest absolute Gasteiger partial charge is 0.485 e. The molecule has 0 aliphatic carbocycles. The number of anilines is 3. The Morgan fingerprint density at radius 1 is 0.617 bits per heavy atom. The zero-order chi connectivity index (χ0) is 71.4. The van der Waals surface area contributed by atoms with Crippen LogP contribution in [0.3, 0.4) is 0 Å². The number of ether oxygens (including phenoxy) is 11. The van der Waals surface area contributed by atoms with Crippen molar-refractivity contribution < 1.29 is 97.7 Å². The number of halogens is 3. The average molecular weight is 1350 g/mol. The van der Waals surface area contributed by atoms with E-state index >= 15 is 0 Å². The summed E-state index contributed by atoms with van der Waals surface area (Å²) in [6, 6.07) is 39.9. The molecule has 0 saturated heterocycles. The third-order valence-corrected chi connectivity index (χ3v) is 13.1. The van der Waals surface area contributed by atoms with Gasteiger partial charge in [-0.15, -0.1) is 0 Å². The van der Waals surface area contributed by atoms with Gasteiger partial charge in [0.2, 0.25) is 17.8 Å². The maximum absolute atomic E-state index is 11.8. The number of carbonyl (C=O) groups is 3. The van der Waals surface area contributed by atoms with Crippen LogP contribution in [-0.4, -0.2) is 194 Å². The van der Waals surface area contributed by atoms with Crippen molar-refractivity contribution >= 4 is 51.6 Å². The van der Waals surface area contributed by atoms with E-state index in [9.17, 15) is 27.6 Å². The molecule has 25 nitrogen and oxygen atoms in total. The van der Waals surface area contributed by atoms with Crippen molar-refractivity contribution in [3.8, 4) is 0 Å². The third-order valence-electron chi connectivity index (χ3n) is 12.5. The summed E-state index contributed by atoms with van der Waals surface area (Å²) in [7, 11) is 10.9. The number of rotatable bonds is 32. The van der Waals surface area contributed by atoms with Gasteiger partial charge >= 0.3 is 23.4 Å². The largest absolute Gasteiger partial charge is 0.741 e. The SMILES string of the molecule is C=C(C)OC(C)COC.CCC(C)(CC(C)(C)C(=O)OCCO)C(=O)OC.COCN(COC)c1nc(N(COC)COC)nc(N(COC)COC)n1.C[N+](C)(Cc1ccccc1)c1ccccc1.O=C(OCc1ccccc1)c1ccccc1.O=S(=O)([O-])C(F)(F)F. The minimum absolute atomic E-state index is 0.0245. The van der Waals surface area contributed by atoms with Crippen molar-refractivity contribution in [2.24, 2.45) is 10.8 Å². The lowest BCUT2D eigenvalue weighted by Crippen LogP contribution is -2.39. The van der Waals surface area contributed by atoms with Gasteiger partial charge in [-0.25, -0.2) is 13.2 Å². The lowest BCUT2D eigenvalue weighted by Gasteiger charge is -2.33. The molecular weight excluding hydrogens is 1260 g/mol. The molecule has 1 heterocycles. The van der Waals surface area contributed by atoms with Crippen LogP contribution in [-0.2, 0) is 85.0 Å². The predicted molar refractivity (Wildman–Crippen MR) is 351 cm³/mol. The average Bonchev–Trinajstić information content (AvgIpc) is 0.836. The van der Waals surface area contributed by atoms with E-state index in [0.29, 0.717) is 49.5 Å². The fourth-order valence-corrected chi connectivity index (χ4v) is 8.09. The molecule has 2 atom stereocenters. The first-order valence-electron chi connectivity index (χ1n) is 29.2. The summed E-state index contributed by atoms with van der Waals surface area (Å²) in [6.45, 7) is 17.6. The summed E-state index contributed by atoms with van der Waals surface area (Å²) in [5.41, 5.74) is -2.87. The second-order valence-corrected chi connectivity index (χ2v) is 23.1. The zero-order valence-electron chi connectivity index (χ0n) is 57.1. The number of methoxy groups -OCH3 is 8. The highest BCUT2D eigenvalue weighted by Gasteiger charge is 2.42. The molecule has 0 amide bonds. The minimum Gasteiger partial charge on any atom is -0.741 e. The summed E-state index contributed by atoms with van der Waals surface area (Å²) in [4.78, 5) is 53.9. The van der Waals surface area contributed by atoms with Crippen LogP contribution in [0.2, 0.25) is 0 Å². The number of aromatic nitrogens is 3. The van der Waals surface area contributed by atoms with Gasteiger partial charge in [0.05, 0.1) is 56.6 Å². The Hall–Kier alpha value is -7.42. The van der Waals surface area contributed by atoms with Gasteiger partial charge < -0.3 is 61.8 Å². The molecule has 1 N–H and O–H groups in total. The number of nitrogens with zero attached hydrogens (tertiary/aromatic N) is 7. The van der Waals surface area contributed by atoms with Crippen molar-refractivity contribution in [1.29, 1.82) is 0 Å². The standard InChI is InChI=1S/C15H30N6O6.C15H18N.C14H12O2.C13H24O5.C7H14O2.CHF3O3S/c1-22-7-19(8-23-2)13-16-14(20(9-24-3)10-25-4)18-15(17-13)21(11-26-5)12-27-6;1-16(2,15-11-7-4-8-12-15)13-14-9-5-3-6-10-14;15-14(13-9-5-2-6-10-13)16-11-12-7-3-1-4-8-12;1-6-13(4,11(16)17-5)9-12(2,3)10(15)18-8-7-14;1-6(2)9-7(3)5-8-4;2-1(3,4)8(5,6)7/h7-12H2,1-6H3;3-12H,13H2,1-2H3;1-10H,11H2;14H,6-9H2,1-5H3;7H,1,5H2,2-4H3;(H,5,6,7)/q;+1;;;;/p-1. The number of aliphatic hydroxyl groups excluding tert-OH is 1. The van der Waals surface area contributed by atoms with Crippen LogP contribution in [0.5, 0.6) is 0 Å². The van der Waals surface area contributed by atoms with E-state index in [2.05, 4.69) is 96.3 Å². The topological polar surface area (TPSA) is 279 Å². The van der Waals surface area contributed by atoms with Crippen molar-refractivity contribution in [2.45, 2.75) is 79.1 Å². The summed E-state index contributed by atoms with van der Waals surface area (Å²) in [5.74, 6) is 0.812. The number of allylic oxidation sites excluding steroid dienone is 1. The number of para-hydroxylation sites is 1. The van der Waals surface area contributed by atoms with Crippen molar-refractivity contribution in [3.05, 3.63) is 150 Å². The molecule has 528 valence electrons. The van der Waals surface area contributed by atoms with E-state index in [1.54, 1.807) is 97.4 Å². The Bertz CT molecular complexity index is 2870. The molecule has 0 radical (unpaired) electrons. The van der Waals surface area contributed by atoms with Gasteiger partial charge in [0, 0.05) is 55.3 Å². The highest BCUT2D eigenvalue weighted by molar-refractivity contribution is 7.86. The molecule has 94 heavy (non-hydrogen) atoms. The summed E-state index contributed by atoms with van der Waals surface area (Å²) in [5, 5.41) is 8.63. The molecule has 2 unspecified atom stereocenters. The monoisotopic (exact) mass is 1350 g/mol. The normalized spacial score (nSPS) is 12.0. The highest BCUT2D eigenvalue weighted by Crippen LogP contribution is 2.38. The van der Waals surface area contributed by atoms with E-state index < -0.39 is 32.4 Å². The maximum Gasteiger partial charge on any atom is 0.485 e. The fraction of sp³-hybridized carbons (Fsp3) is 0.508. The number of aliphatic hydroxyl groups is 1. The van der Waals surface area contributed by atoms with Gasteiger partial charge in [-0.05, 0) is 77.3 Å². The first kappa shape index (κ1) is 86.6.